The van der Waals surface area contributed by atoms with Gasteiger partial charge >= 0.3 is 0 Å². The molecule has 0 aromatic heterocycles. The van der Waals surface area contributed by atoms with Gasteiger partial charge in [-0.2, -0.15) is 0 Å². The molecule has 2 heteroatoms. The summed E-state index contributed by atoms with van der Waals surface area (Å²) in [6, 6.07) is 5.85. The topological polar surface area (TPSA) is 9.23 Å². The first-order chi connectivity index (χ1) is 6.69. The number of hydrogen-bond acceptors (Lipinski definition) is 1. The van der Waals surface area contributed by atoms with Gasteiger partial charge in [-0.15, -0.1) is 0 Å². The van der Waals surface area contributed by atoms with Gasteiger partial charge in [-0.1, -0.05) is 19.1 Å². The Bertz CT molecular complexity index is 296. The second-order valence-electron chi connectivity index (χ2n) is 3.51. The third-order valence-corrected chi connectivity index (χ3v) is 2.30. The summed E-state index contributed by atoms with van der Waals surface area (Å²) in [5, 5.41) is 0. The van der Waals surface area contributed by atoms with Crippen LogP contribution in [0.1, 0.15) is 30.9 Å². The number of alkyl halides is 1. The van der Waals surface area contributed by atoms with Gasteiger partial charge in [-0.3, -0.25) is 4.39 Å². The lowest BCUT2D eigenvalue weighted by Gasteiger charge is -2.11. The third-order valence-electron chi connectivity index (χ3n) is 2.30. The van der Waals surface area contributed by atoms with Gasteiger partial charge in [0.2, 0.25) is 0 Å². The maximum atomic E-state index is 12.4. The predicted octanol–water partition coefficient (Wildman–Crippen LogP) is 3.47. The summed E-state index contributed by atoms with van der Waals surface area (Å²) in [6.07, 6.45) is 0. The van der Waals surface area contributed by atoms with Crippen molar-refractivity contribution in [3.8, 4) is 5.75 Å². The molecule has 0 heterocycles. The van der Waals surface area contributed by atoms with Crippen molar-refractivity contribution in [3.05, 3.63) is 29.3 Å². The first kappa shape index (κ1) is 11.0. The zero-order chi connectivity index (χ0) is 10.6. The quantitative estimate of drug-likeness (QED) is 0.716. The van der Waals surface area contributed by atoms with Crippen LogP contribution >= 0.6 is 0 Å². The first-order valence-corrected chi connectivity index (χ1v) is 4.98. The fourth-order valence-corrected chi connectivity index (χ4v) is 1.39. The highest BCUT2D eigenvalue weighted by Crippen LogP contribution is 2.23. The van der Waals surface area contributed by atoms with Gasteiger partial charge in [-0.25, -0.2) is 0 Å². The molecule has 1 aromatic carbocycles. The van der Waals surface area contributed by atoms with Crippen molar-refractivity contribution in [2.24, 2.45) is 0 Å². The molecule has 1 atom stereocenters. The smallest absolute Gasteiger partial charge is 0.122 e. The molecular formula is C12H17FO. The Balaban J connectivity index is 2.88. The molecule has 0 aliphatic heterocycles. The SMILES string of the molecule is CCOc1ccc(C(C)CF)cc1C. The lowest BCUT2D eigenvalue weighted by atomic mass is 10.0. The average molecular weight is 196 g/mol. The summed E-state index contributed by atoms with van der Waals surface area (Å²) in [7, 11) is 0. The zero-order valence-corrected chi connectivity index (χ0v) is 9.01. The monoisotopic (exact) mass is 196 g/mol. The highest BCUT2D eigenvalue weighted by molar-refractivity contribution is 5.37. The first-order valence-electron chi connectivity index (χ1n) is 4.98. The zero-order valence-electron chi connectivity index (χ0n) is 9.01. The second kappa shape index (κ2) is 4.99. The van der Waals surface area contributed by atoms with Crippen molar-refractivity contribution >= 4 is 0 Å². The van der Waals surface area contributed by atoms with Crippen LogP contribution in [0.5, 0.6) is 5.75 Å². The van der Waals surface area contributed by atoms with Gasteiger partial charge in [0.25, 0.3) is 0 Å². The van der Waals surface area contributed by atoms with Crippen molar-refractivity contribution in [1.82, 2.24) is 0 Å². The van der Waals surface area contributed by atoms with Crippen molar-refractivity contribution < 1.29 is 9.13 Å². The molecule has 0 aliphatic rings. The van der Waals surface area contributed by atoms with E-state index in [1.54, 1.807) is 0 Å². The Morgan fingerprint density at radius 1 is 1.43 bits per heavy atom. The highest BCUT2D eigenvalue weighted by Gasteiger charge is 2.07. The molecule has 1 aromatic rings. The average Bonchev–Trinajstić information content (AvgIpc) is 2.20. The Hall–Kier alpha value is -1.05. The molecule has 1 nitrogen and oxygen atoms in total. The minimum Gasteiger partial charge on any atom is -0.494 e. The predicted molar refractivity (Wildman–Crippen MR) is 56.7 cm³/mol. The molecule has 1 rings (SSSR count). The molecule has 78 valence electrons. The Morgan fingerprint density at radius 3 is 2.64 bits per heavy atom. The normalized spacial score (nSPS) is 12.6. The van der Waals surface area contributed by atoms with Gasteiger partial charge in [0.05, 0.1) is 13.3 Å². The van der Waals surface area contributed by atoms with Crippen LogP contribution in [-0.4, -0.2) is 13.3 Å². The van der Waals surface area contributed by atoms with Crippen LogP contribution in [0.15, 0.2) is 18.2 Å². The number of aryl methyl sites for hydroxylation is 1. The summed E-state index contributed by atoms with van der Waals surface area (Å²) in [5.74, 6) is 0.867. The summed E-state index contributed by atoms with van der Waals surface area (Å²) >= 11 is 0. The Kier molecular flexibility index (Phi) is 3.93. The molecule has 0 amide bonds. The van der Waals surface area contributed by atoms with Crippen LogP contribution in [0.25, 0.3) is 0 Å². The van der Waals surface area contributed by atoms with Crippen LogP contribution in [0.2, 0.25) is 0 Å². The van der Waals surface area contributed by atoms with Crippen molar-refractivity contribution in [2.75, 3.05) is 13.3 Å². The van der Waals surface area contributed by atoms with E-state index in [0.29, 0.717) is 6.61 Å². The fraction of sp³-hybridized carbons (Fsp3) is 0.500. The molecule has 0 fully saturated rings. The van der Waals surface area contributed by atoms with E-state index in [9.17, 15) is 4.39 Å². The summed E-state index contributed by atoms with van der Waals surface area (Å²) < 4.78 is 17.8. The van der Waals surface area contributed by atoms with Gasteiger partial charge < -0.3 is 4.74 Å². The molecule has 0 aliphatic carbocycles. The summed E-state index contributed by atoms with van der Waals surface area (Å²) in [6.45, 7) is 6.18. The van der Waals surface area contributed by atoms with E-state index in [1.807, 2.05) is 39.0 Å². The minimum atomic E-state index is -0.312. The molecule has 14 heavy (non-hydrogen) atoms. The van der Waals surface area contributed by atoms with Crippen LogP contribution < -0.4 is 4.74 Å². The lowest BCUT2D eigenvalue weighted by Crippen LogP contribution is -1.98. The summed E-state index contributed by atoms with van der Waals surface area (Å²) in [4.78, 5) is 0. The van der Waals surface area contributed by atoms with E-state index in [1.165, 1.54) is 0 Å². The van der Waals surface area contributed by atoms with Crippen LogP contribution in [0.3, 0.4) is 0 Å². The van der Waals surface area contributed by atoms with E-state index >= 15 is 0 Å². The molecule has 1 unspecified atom stereocenters. The van der Waals surface area contributed by atoms with E-state index in [2.05, 4.69) is 0 Å². The molecule has 0 saturated heterocycles. The highest BCUT2D eigenvalue weighted by atomic mass is 19.1. The van der Waals surface area contributed by atoms with Gasteiger partial charge in [0.15, 0.2) is 0 Å². The Labute approximate surface area is 84.9 Å². The number of benzene rings is 1. The van der Waals surface area contributed by atoms with Gasteiger partial charge in [-0.05, 0) is 31.0 Å². The number of halogens is 1. The minimum absolute atomic E-state index is 0.0237. The van der Waals surface area contributed by atoms with Gasteiger partial charge in [0, 0.05) is 5.92 Å². The molecule has 0 bridgehead atoms. The van der Waals surface area contributed by atoms with E-state index in [-0.39, 0.29) is 12.6 Å². The molecular weight excluding hydrogens is 179 g/mol. The van der Waals surface area contributed by atoms with E-state index < -0.39 is 0 Å². The maximum absolute atomic E-state index is 12.4. The number of ether oxygens (including phenoxy) is 1. The van der Waals surface area contributed by atoms with Gasteiger partial charge in [0.1, 0.15) is 5.75 Å². The Morgan fingerprint density at radius 2 is 2.14 bits per heavy atom. The molecule has 0 radical (unpaired) electrons. The summed E-state index contributed by atoms with van der Waals surface area (Å²) in [5.41, 5.74) is 2.11. The molecule has 0 saturated carbocycles. The van der Waals surface area contributed by atoms with Crippen LogP contribution in [0.4, 0.5) is 4.39 Å². The standard InChI is InChI=1S/C12H17FO/c1-4-14-12-6-5-11(7-9(12)2)10(3)8-13/h5-7,10H,4,8H2,1-3H3. The van der Waals surface area contributed by atoms with E-state index in [4.69, 9.17) is 4.74 Å². The van der Waals surface area contributed by atoms with Crippen LogP contribution in [-0.2, 0) is 0 Å². The number of rotatable bonds is 4. The van der Waals surface area contributed by atoms with E-state index in [0.717, 1.165) is 16.9 Å². The fourth-order valence-electron chi connectivity index (χ4n) is 1.39. The molecule has 0 N–H and O–H groups in total. The number of hydrogen-bond donors (Lipinski definition) is 0. The van der Waals surface area contributed by atoms with Crippen molar-refractivity contribution in [3.63, 3.8) is 0 Å². The van der Waals surface area contributed by atoms with Crippen molar-refractivity contribution in [1.29, 1.82) is 0 Å². The molecule has 0 spiro atoms. The maximum Gasteiger partial charge on any atom is 0.122 e. The lowest BCUT2D eigenvalue weighted by molar-refractivity contribution is 0.337. The largest absolute Gasteiger partial charge is 0.494 e. The van der Waals surface area contributed by atoms with Crippen molar-refractivity contribution in [2.45, 2.75) is 26.7 Å². The third kappa shape index (κ3) is 2.47. The van der Waals surface area contributed by atoms with Crippen LogP contribution in [0, 0.1) is 6.92 Å². The second-order valence-corrected chi connectivity index (χ2v) is 3.51.